The Hall–Kier alpha value is -0.370. The molecule has 0 saturated heterocycles. The van der Waals surface area contributed by atoms with Crippen molar-refractivity contribution >= 4 is 5.78 Å². The summed E-state index contributed by atoms with van der Waals surface area (Å²) in [4.78, 5) is 12.0. The monoisotopic (exact) mass is 197 g/mol. The highest BCUT2D eigenvalue weighted by molar-refractivity contribution is 5.83. The van der Waals surface area contributed by atoms with Crippen molar-refractivity contribution in [1.82, 2.24) is 5.32 Å². The second kappa shape index (κ2) is 5.50. The molecule has 0 aromatic carbocycles. The lowest BCUT2D eigenvalue weighted by molar-refractivity contribution is -0.127. The predicted octanol–water partition coefficient (Wildman–Crippen LogP) is 2.24. The van der Waals surface area contributed by atoms with E-state index in [-0.39, 0.29) is 5.92 Å². The lowest BCUT2D eigenvalue weighted by atomic mass is 9.77. The summed E-state index contributed by atoms with van der Waals surface area (Å²) in [5.74, 6) is 1.77. The maximum absolute atomic E-state index is 12.0. The molecule has 1 N–H and O–H groups in total. The Kier molecular flexibility index (Phi) is 4.59. The highest BCUT2D eigenvalue weighted by Crippen LogP contribution is 2.30. The number of ketones is 1. The van der Waals surface area contributed by atoms with Gasteiger partial charge in [-0.2, -0.15) is 0 Å². The second-order valence-electron chi connectivity index (χ2n) is 4.83. The summed E-state index contributed by atoms with van der Waals surface area (Å²) in [6, 6.07) is 0. The summed E-state index contributed by atoms with van der Waals surface area (Å²) >= 11 is 0. The Morgan fingerprint density at radius 3 is 2.79 bits per heavy atom. The Labute approximate surface area is 87.5 Å². The Balaban J connectivity index is 2.42. The fourth-order valence-electron chi connectivity index (χ4n) is 2.50. The van der Waals surface area contributed by atoms with Crippen molar-refractivity contribution in [3.63, 3.8) is 0 Å². The van der Waals surface area contributed by atoms with E-state index in [9.17, 15) is 4.79 Å². The zero-order chi connectivity index (χ0) is 10.6. The predicted molar refractivity (Wildman–Crippen MR) is 59.2 cm³/mol. The van der Waals surface area contributed by atoms with E-state index in [2.05, 4.69) is 12.2 Å². The minimum absolute atomic E-state index is 0.190. The van der Waals surface area contributed by atoms with Crippen molar-refractivity contribution in [2.75, 3.05) is 13.6 Å². The molecule has 1 rings (SSSR count). The standard InChI is InChI=1S/C12H23NO/c1-9-5-4-6-11(7-9)12(14)10(2)8-13-3/h9-11,13H,4-8H2,1-3H3. The molecular formula is C12H23NO. The molecular weight excluding hydrogens is 174 g/mol. The average Bonchev–Trinajstić information content (AvgIpc) is 2.17. The molecule has 82 valence electrons. The molecule has 1 aliphatic carbocycles. The number of Topliss-reactive ketones (excluding diaryl/α,β-unsaturated/α-hetero) is 1. The van der Waals surface area contributed by atoms with Crippen LogP contribution >= 0.6 is 0 Å². The summed E-state index contributed by atoms with van der Waals surface area (Å²) in [5, 5.41) is 3.08. The maximum atomic E-state index is 12.0. The van der Waals surface area contributed by atoms with E-state index in [0.717, 1.165) is 25.3 Å². The van der Waals surface area contributed by atoms with Crippen molar-refractivity contribution in [2.45, 2.75) is 39.5 Å². The molecule has 0 amide bonds. The third-order valence-corrected chi connectivity index (χ3v) is 3.33. The lowest BCUT2D eigenvalue weighted by Crippen LogP contribution is -2.31. The van der Waals surface area contributed by atoms with Gasteiger partial charge < -0.3 is 5.32 Å². The first kappa shape index (κ1) is 11.7. The maximum Gasteiger partial charge on any atom is 0.140 e. The molecule has 3 atom stereocenters. The first-order valence-corrected chi connectivity index (χ1v) is 5.83. The van der Waals surface area contributed by atoms with E-state index in [0.29, 0.717) is 11.7 Å². The molecule has 1 fully saturated rings. The first-order chi connectivity index (χ1) is 6.65. The van der Waals surface area contributed by atoms with Gasteiger partial charge in [0.05, 0.1) is 0 Å². The van der Waals surface area contributed by atoms with Gasteiger partial charge in [-0.05, 0) is 25.8 Å². The highest BCUT2D eigenvalue weighted by Gasteiger charge is 2.27. The van der Waals surface area contributed by atoms with Crippen molar-refractivity contribution in [2.24, 2.45) is 17.8 Å². The molecule has 0 radical (unpaired) electrons. The molecule has 0 spiro atoms. The minimum Gasteiger partial charge on any atom is -0.319 e. The van der Waals surface area contributed by atoms with E-state index in [1.807, 2.05) is 14.0 Å². The summed E-state index contributed by atoms with van der Waals surface area (Å²) in [6.45, 7) is 5.13. The topological polar surface area (TPSA) is 29.1 Å². The van der Waals surface area contributed by atoms with Gasteiger partial charge in [0.1, 0.15) is 5.78 Å². The molecule has 2 nitrogen and oxygen atoms in total. The molecule has 0 aromatic heterocycles. The van der Waals surface area contributed by atoms with Gasteiger partial charge in [0, 0.05) is 18.4 Å². The van der Waals surface area contributed by atoms with Gasteiger partial charge in [0.25, 0.3) is 0 Å². The smallest absolute Gasteiger partial charge is 0.140 e. The molecule has 0 bridgehead atoms. The Morgan fingerprint density at radius 1 is 1.50 bits per heavy atom. The SMILES string of the molecule is CNCC(C)C(=O)C1CCCC(C)C1. The highest BCUT2D eigenvalue weighted by atomic mass is 16.1. The minimum atomic E-state index is 0.190. The van der Waals surface area contributed by atoms with Gasteiger partial charge in [-0.25, -0.2) is 0 Å². The van der Waals surface area contributed by atoms with Crippen molar-refractivity contribution < 1.29 is 4.79 Å². The zero-order valence-corrected chi connectivity index (χ0v) is 9.68. The molecule has 14 heavy (non-hydrogen) atoms. The van der Waals surface area contributed by atoms with E-state index >= 15 is 0 Å². The number of hydrogen-bond acceptors (Lipinski definition) is 2. The van der Waals surface area contributed by atoms with E-state index < -0.39 is 0 Å². The van der Waals surface area contributed by atoms with Gasteiger partial charge in [-0.15, -0.1) is 0 Å². The van der Waals surface area contributed by atoms with Crippen LogP contribution in [0.5, 0.6) is 0 Å². The van der Waals surface area contributed by atoms with Crippen LogP contribution in [0.25, 0.3) is 0 Å². The number of rotatable bonds is 4. The molecule has 0 aliphatic heterocycles. The third-order valence-electron chi connectivity index (χ3n) is 3.33. The van der Waals surface area contributed by atoms with Gasteiger partial charge in [0.15, 0.2) is 0 Å². The van der Waals surface area contributed by atoms with Crippen molar-refractivity contribution in [1.29, 1.82) is 0 Å². The van der Waals surface area contributed by atoms with E-state index in [4.69, 9.17) is 0 Å². The van der Waals surface area contributed by atoms with Gasteiger partial charge in [-0.3, -0.25) is 4.79 Å². The summed E-state index contributed by atoms with van der Waals surface area (Å²) in [6.07, 6.45) is 4.79. The van der Waals surface area contributed by atoms with Gasteiger partial charge >= 0.3 is 0 Å². The van der Waals surface area contributed by atoms with E-state index in [1.54, 1.807) is 0 Å². The van der Waals surface area contributed by atoms with Crippen molar-refractivity contribution in [3.8, 4) is 0 Å². The first-order valence-electron chi connectivity index (χ1n) is 5.83. The van der Waals surface area contributed by atoms with Crippen LogP contribution in [0.4, 0.5) is 0 Å². The van der Waals surface area contributed by atoms with Crippen LogP contribution in [0.3, 0.4) is 0 Å². The van der Waals surface area contributed by atoms with Gasteiger partial charge in [-0.1, -0.05) is 26.7 Å². The van der Waals surface area contributed by atoms with Crippen LogP contribution in [-0.2, 0) is 4.79 Å². The van der Waals surface area contributed by atoms with Crippen LogP contribution in [0, 0.1) is 17.8 Å². The number of carbonyl (C=O) groups excluding carboxylic acids is 1. The Morgan fingerprint density at radius 2 is 2.21 bits per heavy atom. The van der Waals surface area contributed by atoms with Crippen LogP contribution in [0.2, 0.25) is 0 Å². The normalized spacial score (nSPS) is 29.9. The number of nitrogens with one attached hydrogen (secondary N) is 1. The van der Waals surface area contributed by atoms with Crippen LogP contribution < -0.4 is 5.32 Å². The molecule has 1 saturated carbocycles. The molecule has 3 unspecified atom stereocenters. The number of carbonyl (C=O) groups is 1. The van der Waals surface area contributed by atoms with Crippen LogP contribution in [-0.4, -0.2) is 19.4 Å². The molecule has 0 heterocycles. The second-order valence-corrected chi connectivity index (χ2v) is 4.83. The third kappa shape index (κ3) is 3.09. The quantitative estimate of drug-likeness (QED) is 0.749. The molecule has 0 aromatic rings. The largest absolute Gasteiger partial charge is 0.319 e. The average molecular weight is 197 g/mol. The fourth-order valence-corrected chi connectivity index (χ4v) is 2.50. The summed E-state index contributed by atoms with van der Waals surface area (Å²) in [5.41, 5.74) is 0. The molecule has 2 heteroatoms. The Bertz CT molecular complexity index is 191. The fraction of sp³-hybridized carbons (Fsp3) is 0.917. The summed E-state index contributed by atoms with van der Waals surface area (Å²) in [7, 11) is 1.91. The summed E-state index contributed by atoms with van der Waals surface area (Å²) < 4.78 is 0. The zero-order valence-electron chi connectivity index (χ0n) is 9.68. The van der Waals surface area contributed by atoms with Crippen LogP contribution in [0.1, 0.15) is 39.5 Å². The van der Waals surface area contributed by atoms with E-state index in [1.165, 1.54) is 12.8 Å². The number of hydrogen-bond donors (Lipinski definition) is 1. The molecule has 1 aliphatic rings. The van der Waals surface area contributed by atoms with Crippen molar-refractivity contribution in [3.05, 3.63) is 0 Å². The van der Waals surface area contributed by atoms with Gasteiger partial charge in [0.2, 0.25) is 0 Å². The lowest BCUT2D eigenvalue weighted by Gasteiger charge is -2.27. The van der Waals surface area contributed by atoms with Crippen LogP contribution in [0.15, 0.2) is 0 Å².